The lowest BCUT2D eigenvalue weighted by atomic mass is 10.1. The average Bonchev–Trinajstić information content (AvgIpc) is 2.99. The van der Waals surface area contributed by atoms with Crippen LogP contribution in [0.4, 0.5) is 0 Å². The summed E-state index contributed by atoms with van der Waals surface area (Å²) in [5, 5.41) is 9.44. The third kappa shape index (κ3) is 9.59. The standard InChI is InChI=1S/C33H43N3O4S/c1-4-7-8-9-13-21-35(24-36-30(6-3)34-29(22-31(36)37)25-15-11-10-12-16-25)32(38)26-17-19-28(20-18-26)41-23-27(14-5-2)33(39)40/h10-12,15-20,22,27H,4-9,13-14,21,23-24H2,1-3H3,(H,39,40). The minimum atomic E-state index is -0.770. The molecule has 1 amide bonds. The van der Waals surface area contributed by atoms with Gasteiger partial charge in [-0.1, -0.05) is 83.2 Å². The molecule has 1 heterocycles. The zero-order chi connectivity index (χ0) is 29.6. The van der Waals surface area contributed by atoms with Gasteiger partial charge in [-0.15, -0.1) is 11.8 Å². The molecule has 2 aromatic carbocycles. The molecule has 0 fully saturated rings. The van der Waals surface area contributed by atoms with Gasteiger partial charge in [-0.2, -0.15) is 0 Å². The van der Waals surface area contributed by atoms with E-state index in [0.29, 0.717) is 42.2 Å². The maximum absolute atomic E-state index is 13.7. The van der Waals surface area contributed by atoms with E-state index >= 15 is 0 Å². The Morgan fingerprint density at radius 2 is 1.66 bits per heavy atom. The molecule has 220 valence electrons. The Morgan fingerprint density at radius 3 is 2.29 bits per heavy atom. The number of unbranched alkanes of at least 4 members (excludes halogenated alkanes) is 4. The topological polar surface area (TPSA) is 92.5 Å². The Morgan fingerprint density at radius 1 is 0.951 bits per heavy atom. The highest BCUT2D eigenvalue weighted by atomic mass is 32.2. The van der Waals surface area contributed by atoms with Crippen molar-refractivity contribution < 1.29 is 14.7 Å². The predicted octanol–water partition coefficient (Wildman–Crippen LogP) is 7.14. The molecule has 0 aliphatic rings. The number of carboxylic acid groups (broad SMARTS) is 1. The minimum Gasteiger partial charge on any atom is -0.481 e. The number of benzene rings is 2. The largest absolute Gasteiger partial charge is 0.481 e. The Balaban J connectivity index is 1.80. The number of carbonyl (C=O) groups is 2. The number of rotatable bonds is 17. The SMILES string of the molecule is CCCCCCCN(Cn1c(CC)nc(-c2ccccc2)cc1=O)C(=O)c1ccc(SCC(CCC)C(=O)O)cc1. The van der Waals surface area contributed by atoms with E-state index in [4.69, 9.17) is 4.98 Å². The van der Waals surface area contributed by atoms with Crippen LogP contribution in [0.2, 0.25) is 0 Å². The molecule has 7 nitrogen and oxygen atoms in total. The Hall–Kier alpha value is -3.39. The summed E-state index contributed by atoms with van der Waals surface area (Å²) in [4.78, 5) is 46.0. The zero-order valence-electron chi connectivity index (χ0n) is 24.6. The maximum atomic E-state index is 13.7. The highest BCUT2D eigenvalue weighted by Crippen LogP contribution is 2.24. The van der Waals surface area contributed by atoms with E-state index in [9.17, 15) is 19.5 Å². The van der Waals surface area contributed by atoms with Crippen LogP contribution >= 0.6 is 11.8 Å². The van der Waals surface area contributed by atoms with Crippen LogP contribution in [0, 0.1) is 5.92 Å². The number of aryl methyl sites for hydroxylation is 1. The van der Waals surface area contributed by atoms with Crippen LogP contribution < -0.4 is 5.56 Å². The molecule has 1 atom stereocenters. The van der Waals surface area contributed by atoms with E-state index < -0.39 is 5.97 Å². The lowest BCUT2D eigenvalue weighted by Crippen LogP contribution is -2.39. The first-order valence-electron chi connectivity index (χ1n) is 14.8. The van der Waals surface area contributed by atoms with Crippen molar-refractivity contribution in [1.82, 2.24) is 14.5 Å². The molecule has 0 bridgehead atoms. The van der Waals surface area contributed by atoms with Crippen molar-refractivity contribution in [3.8, 4) is 11.3 Å². The molecular weight excluding hydrogens is 534 g/mol. The minimum absolute atomic E-state index is 0.132. The van der Waals surface area contributed by atoms with E-state index in [1.54, 1.807) is 27.7 Å². The van der Waals surface area contributed by atoms with Crippen LogP contribution in [-0.4, -0.2) is 43.7 Å². The molecular formula is C33H43N3O4S. The lowest BCUT2D eigenvalue weighted by Gasteiger charge is -2.25. The number of hydrogen-bond donors (Lipinski definition) is 1. The normalized spacial score (nSPS) is 11.8. The van der Waals surface area contributed by atoms with Crippen molar-refractivity contribution >= 4 is 23.6 Å². The van der Waals surface area contributed by atoms with Gasteiger partial charge >= 0.3 is 5.97 Å². The molecule has 41 heavy (non-hydrogen) atoms. The summed E-state index contributed by atoms with van der Waals surface area (Å²) >= 11 is 1.50. The number of nitrogens with zero attached hydrogens (tertiary/aromatic N) is 3. The van der Waals surface area contributed by atoms with Crippen molar-refractivity contribution in [3.05, 3.63) is 82.4 Å². The first-order valence-corrected chi connectivity index (χ1v) is 15.8. The molecule has 1 unspecified atom stereocenters. The molecule has 8 heteroatoms. The van der Waals surface area contributed by atoms with E-state index in [0.717, 1.165) is 42.6 Å². The van der Waals surface area contributed by atoms with Crippen LogP contribution in [0.15, 0.2) is 70.4 Å². The van der Waals surface area contributed by atoms with E-state index in [-0.39, 0.29) is 24.1 Å². The van der Waals surface area contributed by atoms with Gasteiger partial charge in [0.1, 0.15) is 12.5 Å². The van der Waals surface area contributed by atoms with Gasteiger partial charge in [-0.05, 0) is 37.1 Å². The number of aliphatic carboxylic acids is 1. The smallest absolute Gasteiger partial charge is 0.307 e. The summed E-state index contributed by atoms with van der Waals surface area (Å²) in [6.07, 6.45) is 7.35. The molecule has 0 aliphatic carbocycles. The third-order valence-corrected chi connectivity index (χ3v) is 8.32. The van der Waals surface area contributed by atoms with Gasteiger partial charge < -0.3 is 10.0 Å². The number of thioether (sulfide) groups is 1. The fourth-order valence-electron chi connectivity index (χ4n) is 4.74. The highest BCUT2D eigenvalue weighted by molar-refractivity contribution is 7.99. The van der Waals surface area contributed by atoms with Crippen molar-refractivity contribution in [3.63, 3.8) is 0 Å². The van der Waals surface area contributed by atoms with Gasteiger partial charge in [0.05, 0.1) is 11.6 Å². The van der Waals surface area contributed by atoms with Gasteiger partial charge in [0.2, 0.25) is 0 Å². The lowest BCUT2D eigenvalue weighted by molar-refractivity contribution is -0.141. The summed E-state index contributed by atoms with van der Waals surface area (Å²) in [5.74, 6) is -0.148. The number of amides is 1. The first-order chi connectivity index (χ1) is 19.9. The van der Waals surface area contributed by atoms with Gasteiger partial charge in [0, 0.05) is 40.8 Å². The number of carbonyl (C=O) groups excluding carboxylic acids is 1. The van der Waals surface area contributed by atoms with E-state index in [1.807, 2.05) is 56.3 Å². The summed E-state index contributed by atoms with van der Waals surface area (Å²) in [6.45, 7) is 6.82. The Kier molecular flexibility index (Phi) is 13.1. The maximum Gasteiger partial charge on any atom is 0.307 e. The zero-order valence-corrected chi connectivity index (χ0v) is 25.4. The number of carboxylic acids is 1. The van der Waals surface area contributed by atoms with Crippen LogP contribution in [-0.2, 0) is 17.9 Å². The molecule has 0 saturated heterocycles. The van der Waals surface area contributed by atoms with Crippen molar-refractivity contribution in [2.24, 2.45) is 5.92 Å². The van der Waals surface area contributed by atoms with Crippen molar-refractivity contribution in [2.45, 2.75) is 83.7 Å². The quantitative estimate of drug-likeness (QED) is 0.135. The molecule has 1 N–H and O–H groups in total. The van der Waals surface area contributed by atoms with Gasteiger partial charge in [0.25, 0.3) is 11.5 Å². The second-order valence-corrected chi connectivity index (χ2v) is 11.4. The molecule has 0 radical (unpaired) electrons. The fraction of sp³-hybridized carbons (Fsp3) is 0.455. The summed E-state index contributed by atoms with van der Waals surface area (Å²) in [5.41, 5.74) is 1.90. The predicted molar refractivity (Wildman–Crippen MR) is 166 cm³/mol. The average molecular weight is 578 g/mol. The Labute approximate surface area is 248 Å². The third-order valence-electron chi connectivity index (χ3n) is 7.14. The van der Waals surface area contributed by atoms with Gasteiger partial charge in [-0.3, -0.25) is 19.0 Å². The van der Waals surface area contributed by atoms with Crippen molar-refractivity contribution in [1.29, 1.82) is 0 Å². The number of aromatic nitrogens is 2. The van der Waals surface area contributed by atoms with Crippen molar-refractivity contribution in [2.75, 3.05) is 12.3 Å². The van der Waals surface area contributed by atoms with Crippen LogP contribution in [0.25, 0.3) is 11.3 Å². The molecule has 0 aliphatic heterocycles. The second kappa shape index (κ2) is 16.8. The molecule has 0 saturated carbocycles. The summed E-state index contributed by atoms with van der Waals surface area (Å²) in [7, 11) is 0. The fourth-order valence-corrected chi connectivity index (χ4v) is 5.78. The van der Waals surface area contributed by atoms with Gasteiger partial charge in [-0.25, -0.2) is 4.98 Å². The molecule has 0 spiro atoms. The Bertz CT molecular complexity index is 1310. The molecule has 1 aromatic heterocycles. The van der Waals surface area contributed by atoms with Crippen LogP contribution in [0.1, 0.15) is 81.9 Å². The van der Waals surface area contributed by atoms with Crippen LogP contribution in [0.5, 0.6) is 0 Å². The van der Waals surface area contributed by atoms with E-state index in [2.05, 4.69) is 6.92 Å². The second-order valence-electron chi connectivity index (χ2n) is 10.3. The number of hydrogen-bond acceptors (Lipinski definition) is 5. The summed E-state index contributed by atoms with van der Waals surface area (Å²) < 4.78 is 1.61. The molecule has 3 aromatic rings. The van der Waals surface area contributed by atoms with E-state index in [1.165, 1.54) is 18.2 Å². The van der Waals surface area contributed by atoms with Crippen LogP contribution in [0.3, 0.4) is 0 Å². The van der Waals surface area contributed by atoms with Gasteiger partial charge in [0.15, 0.2) is 0 Å². The molecule has 3 rings (SSSR count). The monoisotopic (exact) mass is 577 g/mol. The highest BCUT2D eigenvalue weighted by Gasteiger charge is 2.20. The first kappa shape index (κ1) is 32.1. The summed E-state index contributed by atoms with van der Waals surface area (Å²) in [6, 6.07) is 18.5.